The molecule has 0 bridgehead atoms. The standard InChI is InChI=1S/C27H28F3NO8/c1-25(2,33)19(39-24(32)26(36-5,27(28,29)30)15-9-7-6-8-10-15)13-17-21(34-3)16-11-12-18-22(38-14-37-18)20(16)31-23(17)35-4/h6-12,19,33H,13-14H2,1-5H3/t19-,26+/m1/s1. The van der Waals surface area contributed by atoms with E-state index in [9.17, 15) is 23.1 Å². The van der Waals surface area contributed by atoms with Gasteiger partial charge in [0.15, 0.2) is 11.5 Å². The van der Waals surface area contributed by atoms with Gasteiger partial charge >= 0.3 is 12.1 Å². The number of hydrogen-bond donors (Lipinski definition) is 1. The molecule has 3 aromatic rings. The number of halogens is 3. The highest BCUT2D eigenvalue weighted by molar-refractivity contribution is 5.94. The van der Waals surface area contributed by atoms with E-state index in [-0.39, 0.29) is 30.4 Å². The van der Waals surface area contributed by atoms with Gasteiger partial charge in [0, 0.05) is 24.5 Å². The fourth-order valence-electron chi connectivity index (χ4n) is 4.48. The van der Waals surface area contributed by atoms with Crippen LogP contribution in [0.2, 0.25) is 0 Å². The molecule has 12 heteroatoms. The lowest BCUT2D eigenvalue weighted by molar-refractivity contribution is -0.280. The molecule has 2 aromatic carbocycles. The monoisotopic (exact) mass is 551 g/mol. The molecule has 0 saturated carbocycles. The number of aliphatic hydroxyl groups is 1. The largest absolute Gasteiger partial charge is 0.496 e. The van der Waals surface area contributed by atoms with Gasteiger partial charge in [0.1, 0.15) is 17.4 Å². The predicted molar refractivity (Wildman–Crippen MR) is 132 cm³/mol. The maximum Gasteiger partial charge on any atom is 0.432 e. The quantitative estimate of drug-likeness (QED) is 0.390. The number of esters is 1. The van der Waals surface area contributed by atoms with Crippen LogP contribution in [0.15, 0.2) is 42.5 Å². The fraction of sp³-hybridized carbons (Fsp3) is 0.407. The first-order valence-corrected chi connectivity index (χ1v) is 11.8. The average molecular weight is 552 g/mol. The molecular formula is C27H28F3NO8. The zero-order valence-corrected chi connectivity index (χ0v) is 21.9. The van der Waals surface area contributed by atoms with Crippen LogP contribution in [-0.2, 0) is 26.3 Å². The highest BCUT2D eigenvalue weighted by Crippen LogP contribution is 2.46. The van der Waals surface area contributed by atoms with Crippen LogP contribution in [0.25, 0.3) is 10.9 Å². The van der Waals surface area contributed by atoms with Crippen molar-refractivity contribution in [1.82, 2.24) is 4.98 Å². The Hall–Kier alpha value is -3.77. The van der Waals surface area contributed by atoms with Crippen molar-refractivity contribution in [2.24, 2.45) is 0 Å². The summed E-state index contributed by atoms with van der Waals surface area (Å²) in [4.78, 5) is 17.9. The van der Waals surface area contributed by atoms with Gasteiger partial charge in [0.2, 0.25) is 12.7 Å². The predicted octanol–water partition coefficient (Wildman–Crippen LogP) is 4.31. The summed E-state index contributed by atoms with van der Waals surface area (Å²) >= 11 is 0. The topological polar surface area (TPSA) is 106 Å². The number of hydrogen-bond acceptors (Lipinski definition) is 9. The Labute approximate surface area is 222 Å². The Morgan fingerprint density at radius 2 is 1.74 bits per heavy atom. The van der Waals surface area contributed by atoms with Gasteiger partial charge < -0.3 is 33.5 Å². The lowest BCUT2D eigenvalue weighted by Gasteiger charge is -2.36. The second-order valence-corrected chi connectivity index (χ2v) is 9.33. The lowest BCUT2D eigenvalue weighted by atomic mass is 9.91. The number of ether oxygens (including phenoxy) is 6. The Morgan fingerprint density at radius 3 is 2.31 bits per heavy atom. The van der Waals surface area contributed by atoms with E-state index in [1.165, 1.54) is 46.3 Å². The van der Waals surface area contributed by atoms with Crippen LogP contribution < -0.4 is 18.9 Å². The van der Waals surface area contributed by atoms with Gasteiger partial charge in [-0.1, -0.05) is 30.3 Å². The smallest absolute Gasteiger partial charge is 0.432 e. The molecule has 1 N–H and O–H groups in total. The van der Waals surface area contributed by atoms with E-state index in [0.717, 1.165) is 19.2 Å². The van der Waals surface area contributed by atoms with Crippen molar-refractivity contribution in [2.45, 2.75) is 43.8 Å². The molecule has 2 atom stereocenters. The number of nitrogens with zero attached hydrogens (tertiary/aromatic N) is 1. The normalized spacial score (nSPS) is 15.5. The molecule has 1 aliphatic rings. The third-order valence-corrected chi connectivity index (χ3v) is 6.50. The van der Waals surface area contributed by atoms with Crippen molar-refractivity contribution in [3.63, 3.8) is 0 Å². The molecule has 9 nitrogen and oxygen atoms in total. The minimum Gasteiger partial charge on any atom is -0.496 e. The summed E-state index contributed by atoms with van der Waals surface area (Å²) in [5.74, 6) is -0.619. The molecule has 39 heavy (non-hydrogen) atoms. The molecule has 0 unspecified atom stereocenters. The van der Waals surface area contributed by atoms with E-state index in [1.807, 2.05) is 0 Å². The van der Waals surface area contributed by atoms with Crippen LogP contribution in [0, 0.1) is 0 Å². The Bertz CT molecular complexity index is 1360. The van der Waals surface area contributed by atoms with Gasteiger partial charge in [-0.3, -0.25) is 0 Å². The van der Waals surface area contributed by atoms with E-state index < -0.39 is 35.0 Å². The highest BCUT2D eigenvalue weighted by Gasteiger charge is 2.64. The average Bonchev–Trinajstić information content (AvgIpc) is 3.37. The Kier molecular flexibility index (Phi) is 7.55. The molecule has 0 aliphatic carbocycles. The number of aromatic nitrogens is 1. The molecule has 0 radical (unpaired) electrons. The van der Waals surface area contributed by atoms with Crippen LogP contribution in [0.1, 0.15) is 25.0 Å². The second kappa shape index (κ2) is 10.4. The lowest BCUT2D eigenvalue weighted by Crippen LogP contribution is -2.54. The Balaban J connectivity index is 1.80. The maximum absolute atomic E-state index is 14.4. The van der Waals surface area contributed by atoms with Gasteiger partial charge in [-0.15, -0.1) is 0 Å². The number of carbonyl (C=O) groups is 1. The molecule has 1 aromatic heterocycles. The van der Waals surface area contributed by atoms with Crippen molar-refractivity contribution < 1.29 is 51.5 Å². The van der Waals surface area contributed by atoms with E-state index in [0.29, 0.717) is 22.4 Å². The molecule has 2 heterocycles. The van der Waals surface area contributed by atoms with Crippen molar-refractivity contribution in [3.8, 4) is 23.1 Å². The molecule has 1 aliphatic heterocycles. The van der Waals surface area contributed by atoms with E-state index >= 15 is 0 Å². The summed E-state index contributed by atoms with van der Waals surface area (Å²) in [6.07, 6.45) is -7.01. The Morgan fingerprint density at radius 1 is 1.05 bits per heavy atom. The van der Waals surface area contributed by atoms with Crippen LogP contribution >= 0.6 is 0 Å². The van der Waals surface area contributed by atoms with Gasteiger partial charge in [0.05, 0.1) is 25.4 Å². The molecular weight excluding hydrogens is 523 g/mol. The number of alkyl halides is 3. The van der Waals surface area contributed by atoms with E-state index in [1.54, 1.807) is 12.1 Å². The number of methoxy groups -OCH3 is 3. The molecule has 0 spiro atoms. The molecule has 0 amide bonds. The summed E-state index contributed by atoms with van der Waals surface area (Å²) in [7, 11) is 3.50. The van der Waals surface area contributed by atoms with Crippen LogP contribution in [-0.4, -0.2) is 62.1 Å². The maximum atomic E-state index is 14.4. The van der Waals surface area contributed by atoms with Crippen molar-refractivity contribution in [2.75, 3.05) is 28.1 Å². The van der Waals surface area contributed by atoms with Crippen LogP contribution in [0.4, 0.5) is 13.2 Å². The molecule has 0 saturated heterocycles. The van der Waals surface area contributed by atoms with Crippen molar-refractivity contribution >= 4 is 16.9 Å². The number of benzene rings is 2. The third kappa shape index (κ3) is 4.89. The van der Waals surface area contributed by atoms with Crippen LogP contribution in [0.5, 0.6) is 23.1 Å². The zero-order valence-electron chi connectivity index (χ0n) is 21.9. The molecule has 0 fully saturated rings. The van der Waals surface area contributed by atoms with Gasteiger partial charge in [0.25, 0.3) is 5.60 Å². The first-order chi connectivity index (χ1) is 18.4. The van der Waals surface area contributed by atoms with Crippen molar-refractivity contribution in [1.29, 1.82) is 0 Å². The third-order valence-electron chi connectivity index (χ3n) is 6.50. The summed E-state index contributed by atoms with van der Waals surface area (Å²) < 4.78 is 75.7. The summed E-state index contributed by atoms with van der Waals surface area (Å²) in [6.45, 7) is 2.61. The summed E-state index contributed by atoms with van der Waals surface area (Å²) in [5, 5.41) is 11.4. The molecule has 210 valence electrons. The van der Waals surface area contributed by atoms with Gasteiger partial charge in [-0.2, -0.15) is 13.2 Å². The first-order valence-electron chi connectivity index (χ1n) is 11.8. The fourth-order valence-corrected chi connectivity index (χ4v) is 4.48. The first kappa shape index (κ1) is 28.2. The second-order valence-electron chi connectivity index (χ2n) is 9.33. The SMILES string of the molecule is COc1nc2c3c(ccc2c(OC)c1C[C@@H](OC(=O)[C@@](OC)(c1ccccc1)C(F)(F)F)C(C)(C)O)OCO3. The minimum atomic E-state index is -5.19. The molecule has 4 rings (SSSR count). The number of rotatable bonds is 9. The van der Waals surface area contributed by atoms with Gasteiger partial charge in [-0.05, 0) is 26.0 Å². The zero-order chi connectivity index (χ0) is 28.6. The summed E-state index contributed by atoms with van der Waals surface area (Å²) in [6, 6.07) is 9.76. The van der Waals surface area contributed by atoms with Crippen molar-refractivity contribution in [3.05, 3.63) is 53.6 Å². The van der Waals surface area contributed by atoms with E-state index in [2.05, 4.69) is 4.98 Å². The van der Waals surface area contributed by atoms with E-state index in [4.69, 9.17) is 28.4 Å². The highest BCUT2D eigenvalue weighted by atomic mass is 19.4. The number of fused-ring (bicyclic) bond motifs is 3. The van der Waals surface area contributed by atoms with Crippen LogP contribution in [0.3, 0.4) is 0 Å². The van der Waals surface area contributed by atoms with Gasteiger partial charge in [-0.25, -0.2) is 9.78 Å². The number of carbonyl (C=O) groups excluding carboxylic acids is 1. The number of pyridine rings is 1. The minimum absolute atomic E-state index is 0.00110. The summed E-state index contributed by atoms with van der Waals surface area (Å²) in [5.41, 5.74) is -5.10.